The lowest BCUT2D eigenvalue weighted by atomic mass is 10.1. The molecule has 0 amide bonds. The molecule has 1 aromatic rings. The summed E-state index contributed by atoms with van der Waals surface area (Å²) in [4.78, 5) is 11.3. The Morgan fingerprint density at radius 3 is 2.69 bits per heavy atom. The van der Waals surface area contributed by atoms with E-state index in [-0.39, 0.29) is 5.97 Å². The Bertz CT molecular complexity index is 299. The van der Waals surface area contributed by atoms with Crippen LogP contribution in [-0.2, 0) is 11.2 Å². The zero-order valence-corrected chi connectivity index (χ0v) is 8.22. The summed E-state index contributed by atoms with van der Waals surface area (Å²) in [5.74, 6) is 0.548. The average Bonchev–Trinajstić information content (AvgIpc) is 2.47. The smallest absolute Gasteiger partial charge is 0.341 e. The van der Waals surface area contributed by atoms with Crippen molar-refractivity contribution in [2.24, 2.45) is 0 Å². The van der Waals surface area contributed by atoms with E-state index < -0.39 is 0 Å². The van der Waals surface area contributed by atoms with Gasteiger partial charge in [-0.1, -0.05) is 6.92 Å². The molecule has 13 heavy (non-hydrogen) atoms. The fraction of sp³-hybridized carbons (Fsp3) is 0.500. The number of aryl methyl sites for hydroxylation is 1. The topological polar surface area (TPSA) is 39.4 Å². The molecule has 0 N–H and O–H groups in total. The molecule has 0 radical (unpaired) electrons. The molecule has 0 spiro atoms. The zero-order valence-electron chi connectivity index (χ0n) is 8.22. The van der Waals surface area contributed by atoms with Gasteiger partial charge < -0.3 is 9.15 Å². The van der Waals surface area contributed by atoms with Crippen molar-refractivity contribution >= 4 is 5.97 Å². The Morgan fingerprint density at radius 1 is 1.54 bits per heavy atom. The van der Waals surface area contributed by atoms with Gasteiger partial charge in [0.25, 0.3) is 0 Å². The molecule has 0 saturated heterocycles. The third-order valence-electron chi connectivity index (χ3n) is 1.96. The van der Waals surface area contributed by atoms with Gasteiger partial charge in [0.05, 0.1) is 6.61 Å². The van der Waals surface area contributed by atoms with Crippen LogP contribution in [0.5, 0.6) is 0 Å². The highest BCUT2D eigenvalue weighted by Gasteiger charge is 2.15. The first-order chi connectivity index (χ1) is 6.20. The van der Waals surface area contributed by atoms with Gasteiger partial charge in [0.1, 0.15) is 17.6 Å². The van der Waals surface area contributed by atoms with E-state index in [0.717, 1.165) is 17.7 Å². The molecule has 0 atom stereocenters. The predicted octanol–water partition coefficient (Wildman–Crippen LogP) is 2.33. The lowest BCUT2D eigenvalue weighted by Gasteiger charge is -1.99. The number of ether oxygens (including phenoxy) is 1. The van der Waals surface area contributed by atoms with Crippen LogP contribution in [0.3, 0.4) is 0 Å². The molecule has 72 valence electrons. The Morgan fingerprint density at radius 2 is 2.23 bits per heavy atom. The van der Waals surface area contributed by atoms with Crippen LogP contribution in [0.2, 0.25) is 0 Å². The maximum atomic E-state index is 11.3. The van der Waals surface area contributed by atoms with Crippen molar-refractivity contribution in [1.82, 2.24) is 0 Å². The number of hydrogen-bond acceptors (Lipinski definition) is 3. The van der Waals surface area contributed by atoms with Crippen LogP contribution >= 0.6 is 0 Å². The molecular formula is C10H14O3. The maximum absolute atomic E-state index is 11.3. The minimum absolute atomic E-state index is 0.302. The third kappa shape index (κ3) is 1.91. The maximum Gasteiger partial charge on any atom is 0.341 e. The molecular weight excluding hydrogens is 168 g/mol. The van der Waals surface area contributed by atoms with E-state index in [2.05, 4.69) is 0 Å². The van der Waals surface area contributed by atoms with Crippen LogP contribution in [0.1, 0.15) is 35.5 Å². The van der Waals surface area contributed by atoms with E-state index in [1.807, 2.05) is 13.8 Å². The van der Waals surface area contributed by atoms with Gasteiger partial charge >= 0.3 is 5.97 Å². The molecule has 0 aliphatic heterocycles. The molecule has 0 aliphatic carbocycles. The number of furan rings is 1. The van der Waals surface area contributed by atoms with Gasteiger partial charge in [0.2, 0.25) is 0 Å². The first kappa shape index (κ1) is 9.84. The third-order valence-corrected chi connectivity index (χ3v) is 1.96. The van der Waals surface area contributed by atoms with Gasteiger partial charge in [-0.15, -0.1) is 0 Å². The molecule has 3 nitrogen and oxygen atoms in total. The van der Waals surface area contributed by atoms with Crippen LogP contribution in [0.4, 0.5) is 0 Å². The quantitative estimate of drug-likeness (QED) is 0.673. The second kappa shape index (κ2) is 4.12. The Balaban J connectivity index is 2.89. The van der Waals surface area contributed by atoms with Gasteiger partial charge in [-0.2, -0.15) is 0 Å². The normalized spacial score (nSPS) is 10.1. The Kier molecular flexibility index (Phi) is 3.12. The van der Waals surface area contributed by atoms with Crippen molar-refractivity contribution in [2.45, 2.75) is 27.2 Å². The Labute approximate surface area is 77.7 Å². The summed E-state index contributed by atoms with van der Waals surface area (Å²) < 4.78 is 10.1. The van der Waals surface area contributed by atoms with Crippen LogP contribution in [-0.4, -0.2) is 12.6 Å². The molecule has 0 unspecified atom stereocenters. The predicted molar refractivity (Wildman–Crippen MR) is 48.8 cm³/mol. The SMILES string of the molecule is CCOC(=O)c1coc(CC)c1C. The highest BCUT2D eigenvalue weighted by atomic mass is 16.5. The lowest BCUT2D eigenvalue weighted by Crippen LogP contribution is -2.04. The van der Waals surface area contributed by atoms with E-state index in [0.29, 0.717) is 12.2 Å². The largest absolute Gasteiger partial charge is 0.468 e. The van der Waals surface area contributed by atoms with Gasteiger partial charge in [0, 0.05) is 12.0 Å². The minimum atomic E-state index is -0.302. The number of rotatable bonds is 3. The second-order valence-electron chi connectivity index (χ2n) is 2.77. The molecule has 0 aromatic carbocycles. The summed E-state index contributed by atoms with van der Waals surface area (Å²) in [7, 11) is 0. The summed E-state index contributed by atoms with van der Waals surface area (Å²) in [5.41, 5.74) is 1.43. The van der Waals surface area contributed by atoms with Crippen LogP contribution < -0.4 is 0 Å². The molecule has 3 heteroatoms. The Hall–Kier alpha value is -1.25. The van der Waals surface area contributed by atoms with Crippen molar-refractivity contribution in [3.8, 4) is 0 Å². The van der Waals surface area contributed by atoms with Gasteiger partial charge in [-0.05, 0) is 13.8 Å². The molecule has 1 rings (SSSR count). The van der Waals surface area contributed by atoms with Gasteiger partial charge in [0.15, 0.2) is 0 Å². The fourth-order valence-corrected chi connectivity index (χ4v) is 1.22. The lowest BCUT2D eigenvalue weighted by molar-refractivity contribution is 0.0525. The summed E-state index contributed by atoms with van der Waals surface area (Å²) in [6.45, 7) is 6.04. The fourth-order valence-electron chi connectivity index (χ4n) is 1.22. The summed E-state index contributed by atoms with van der Waals surface area (Å²) in [6, 6.07) is 0. The number of esters is 1. The molecule has 0 fully saturated rings. The van der Waals surface area contributed by atoms with Crippen molar-refractivity contribution in [1.29, 1.82) is 0 Å². The summed E-state index contributed by atoms with van der Waals surface area (Å²) >= 11 is 0. The molecule has 1 heterocycles. The van der Waals surface area contributed by atoms with Crippen LogP contribution in [0, 0.1) is 6.92 Å². The van der Waals surface area contributed by atoms with Gasteiger partial charge in [-0.25, -0.2) is 4.79 Å². The molecule has 0 aliphatic rings. The van der Waals surface area contributed by atoms with Crippen molar-refractivity contribution < 1.29 is 13.9 Å². The van der Waals surface area contributed by atoms with E-state index in [9.17, 15) is 4.79 Å². The monoisotopic (exact) mass is 182 g/mol. The first-order valence-corrected chi connectivity index (χ1v) is 4.44. The number of hydrogen-bond donors (Lipinski definition) is 0. The standard InChI is InChI=1S/C10H14O3/c1-4-9-7(3)8(6-13-9)10(11)12-5-2/h6H,4-5H2,1-3H3. The minimum Gasteiger partial charge on any atom is -0.468 e. The second-order valence-corrected chi connectivity index (χ2v) is 2.77. The van der Waals surface area contributed by atoms with Crippen LogP contribution in [0.25, 0.3) is 0 Å². The first-order valence-electron chi connectivity index (χ1n) is 4.44. The van der Waals surface area contributed by atoms with E-state index in [1.165, 1.54) is 6.26 Å². The van der Waals surface area contributed by atoms with Crippen molar-refractivity contribution in [3.05, 3.63) is 23.2 Å². The highest BCUT2D eigenvalue weighted by molar-refractivity contribution is 5.90. The number of carbonyl (C=O) groups excluding carboxylic acids is 1. The zero-order chi connectivity index (χ0) is 9.84. The van der Waals surface area contributed by atoms with E-state index in [4.69, 9.17) is 9.15 Å². The molecule has 0 saturated carbocycles. The van der Waals surface area contributed by atoms with Crippen molar-refractivity contribution in [2.75, 3.05) is 6.61 Å². The summed E-state index contributed by atoms with van der Waals surface area (Å²) in [5, 5.41) is 0. The van der Waals surface area contributed by atoms with Gasteiger partial charge in [-0.3, -0.25) is 0 Å². The molecule has 1 aromatic heterocycles. The van der Waals surface area contributed by atoms with E-state index in [1.54, 1.807) is 6.92 Å². The number of carbonyl (C=O) groups is 1. The molecule has 0 bridgehead atoms. The summed E-state index contributed by atoms with van der Waals surface area (Å²) in [6.07, 6.45) is 2.26. The average molecular weight is 182 g/mol. The van der Waals surface area contributed by atoms with Crippen molar-refractivity contribution in [3.63, 3.8) is 0 Å². The van der Waals surface area contributed by atoms with Crippen LogP contribution in [0.15, 0.2) is 10.7 Å². The highest BCUT2D eigenvalue weighted by Crippen LogP contribution is 2.17. The van der Waals surface area contributed by atoms with E-state index >= 15 is 0 Å².